The van der Waals surface area contributed by atoms with Gasteiger partial charge in [-0.15, -0.1) is 0 Å². The Morgan fingerprint density at radius 3 is 2.52 bits per heavy atom. The number of piperidine rings is 1. The Hall–Kier alpha value is -1.93. The molecule has 1 aliphatic rings. The van der Waals surface area contributed by atoms with E-state index in [0.717, 1.165) is 12.8 Å². The van der Waals surface area contributed by atoms with Crippen LogP contribution in [0.5, 0.6) is 0 Å². The second kappa shape index (κ2) is 6.76. The molecule has 1 unspecified atom stereocenters. The minimum Gasteiger partial charge on any atom is -0.276 e. The first-order chi connectivity index (χ1) is 11.8. The maximum Gasteiger partial charge on any atom is 0.345 e. The number of aromatic nitrogens is 3. The van der Waals surface area contributed by atoms with Gasteiger partial charge in [-0.3, -0.25) is 4.57 Å². The van der Waals surface area contributed by atoms with Crippen molar-refractivity contribution < 1.29 is 8.42 Å². The molecule has 0 bridgehead atoms. The molecule has 136 valence electrons. The second-order valence-electron chi connectivity index (χ2n) is 6.74. The number of aryl methyl sites for hydroxylation is 1. The third-order valence-electron chi connectivity index (χ3n) is 4.63. The molecule has 2 aromatic rings. The van der Waals surface area contributed by atoms with Gasteiger partial charge in [-0.1, -0.05) is 18.2 Å². The van der Waals surface area contributed by atoms with Crippen molar-refractivity contribution in [3.05, 3.63) is 46.6 Å². The van der Waals surface area contributed by atoms with Gasteiger partial charge in [-0.05, 0) is 38.8 Å². The van der Waals surface area contributed by atoms with Crippen LogP contribution in [0.3, 0.4) is 0 Å². The number of hydrogen-bond acceptors (Lipinski definition) is 4. The van der Waals surface area contributed by atoms with E-state index in [1.54, 1.807) is 41.9 Å². The summed E-state index contributed by atoms with van der Waals surface area (Å²) in [6, 6.07) is 8.46. The van der Waals surface area contributed by atoms with Crippen LogP contribution in [-0.2, 0) is 17.1 Å². The Morgan fingerprint density at radius 1 is 1.20 bits per heavy atom. The fraction of sp³-hybridized carbons (Fsp3) is 0.529. The molecule has 0 amide bonds. The molecule has 0 aliphatic carbocycles. The van der Waals surface area contributed by atoms with E-state index in [2.05, 4.69) is 5.10 Å². The van der Waals surface area contributed by atoms with E-state index in [1.165, 1.54) is 8.99 Å². The number of sulfonamides is 1. The fourth-order valence-electron chi connectivity index (χ4n) is 3.38. The normalized spacial score (nSPS) is 19.4. The zero-order valence-corrected chi connectivity index (χ0v) is 15.6. The molecule has 3 rings (SSSR count). The second-order valence-corrected chi connectivity index (χ2v) is 8.68. The highest BCUT2D eigenvalue weighted by Crippen LogP contribution is 2.29. The molecule has 2 heterocycles. The topological polar surface area (TPSA) is 77.2 Å². The largest absolute Gasteiger partial charge is 0.345 e. The maximum absolute atomic E-state index is 12.9. The highest BCUT2D eigenvalue weighted by atomic mass is 32.2. The van der Waals surface area contributed by atoms with Crippen molar-refractivity contribution in [3.63, 3.8) is 0 Å². The van der Waals surface area contributed by atoms with E-state index in [0.29, 0.717) is 23.8 Å². The van der Waals surface area contributed by atoms with Crippen LogP contribution in [0, 0.1) is 0 Å². The van der Waals surface area contributed by atoms with Crippen molar-refractivity contribution in [1.29, 1.82) is 0 Å². The molecule has 1 aliphatic heterocycles. The van der Waals surface area contributed by atoms with E-state index in [4.69, 9.17) is 0 Å². The average molecular weight is 364 g/mol. The van der Waals surface area contributed by atoms with Crippen LogP contribution >= 0.6 is 0 Å². The SMILES string of the molecule is CC(C)n1c(C2CCCN(S(=O)(=O)c3ccccc3)C2)nn(C)c1=O. The predicted molar refractivity (Wildman–Crippen MR) is 95.0 cm³/mol. The van der Waals surface area contributed by atoms with Crippen LogP contribution in [0.4, 0.5) is 0 Å². The van der Waals surface area contributed by atoms with E-state index >= 15 is 0 Å². The summed E-state index contributed by atoms with van der Waals surface area (Å²) >= 11 is 0. The van der Waals surface area contributed by atoms with Crippen LogP contribution < -0.4 is 5.69 Å². The summed E-state index contributed by atoms with van der Waals surface area (Å²) in [6.45, 7) is 4.72. The quantitative estimate of drug-likeness (QED) is 0.828. The molecule has 1 aromatic carbocycles. The van der Waals surface area contributed by atoms with Crippen LogP contribution in [0.1, 0.15) is 44.5 Å². The standard InChI is InChI=1S/C17H24N4O3S/c1-13(2)21-16(18-19(3)17(21)22)14-8-7-11-20(12-14)25(23,24)15-9-5-4-6-10-15/h4-6,9-10,13-14H,7-8,11-12H2,1-3H3. The molecule has 0 N–H and O–H groups in total. The Bertz CT molecular complexity index is 900. The Morgan fingerprint density at radius 2 is 1.88 bits per heavy atom. The monoisotopic (exact) mass is 364 g/mol. The van der Waals surface area contributed by atoms with Gasteiger partial charge in [0, 0.05) is 32.1 Å². The molecule has 0 saturated carbocycles. The molecular weight excluding hydrogens is 340 g/mol. The third-order valence-corrected chi connectivity index (χ3v) is 6.51. The van der Waals surface area contributed by atoms with Crippen molar-refractivity contribution in [2.24, 2.45) is 7.05 Å². The van der Waals surface area contributed by atoms with E-state index in [-0.39, 0.29) is 17.6 Å². The zero-order valence-electron chi connectivity index (χ0n) is 14.8. The highest BCUT2D eigenvalue weighted by Gasteiger charge is 2.33. The number of hydrogen-bond donors (Lipinski definition) is 0. The lowest BCUT2D eigenvalue weighted by molar-refractivity contribution is 0.301. The van der Waals surface area contributed by atoms with Gasteiger partial charge in [0.05, 0.1) is 4.90 Å². The smallest absolute Gasteiger partial charge is 0.276 e. The summed E-state index contributed by atoms with van der Waals surface area (Å²) in [6.07, 6.45) is 1.57. The molecule has 1 aromatic heterocycles. The number of benzene rings is 1. The molecule has 0 spiro atoms. The van der Waals surface area contributed by atoms with Gasteiger partial charge in [-0.25, -0.2) is 17.9 Å². The fourth-order valence-corrected chi connectivity index (χ4v) is 4.92. The van der Waals surface area contributed by atoms with Gasteiger partial charge in [0.25, 0.3) is 0 Å². The van der Waals surface area contributed by atoms with Gasteiger partial charge in [0.1, 0.15) is 5.82 Å². The third kappa shape index (κ3) is 3.28. The van der Waals surface area contributed by atoms with E-state index < -0.39 is 10.0 Å². The van der Waals surface area contributed by atoms with Gasteiger partial charge < -0.3 is 0 Å². The van der Waals surface area contributed by atoms with Gasteiger partial charge in [0.2, 0.25) is 10.0 Å². The Balaban J connectivity index is 1.93. The Labute approximate surface area is 147 Å². The summed E-state index contributed by atoms with van der Waals surface area (Å²) in [5, 5.41) is 4.39. The van der Waals surface area contributed by atoms with Crippen LogP contribution in [0.2, 0.25) is 0 Å². The van der Waals surface area contributed by atoms with E-state index in [9.17, 15) is 13.2 Å². The van der Waals surface area contributed by atoms with E-state index in [1.807, 2.05) is 13.8 Å². The van der Waals surface area contributed by atoms with Crippen molar-refractivity contribution in [2.75, 3.05) is 13.1 Å². The number of rotatable bonds is 4. The van der Waals surface area contributed by atoms with Crippen molar-refractivity contribution in [2.45, 2.75) is 43.5 Å². The molecule has 25 heavy (non-hydrogen) atoms. The first-order valence-electron chi connectivity index (χ1n) is 8.53. The van der Waals surface area contributed by atoms with Gasteiger partial charge in [-0.2, -0.15) is 9.40 Å². The molecule has 1 atom stereocenters. The van der Waals surface area contributed by atoms with Gasteiger partial charge >= 0.3 is 5.69 Å². The lowest BCUT2D eigenvalue weighted by Gasteiger charge is -2.31. The maximum atomic E-state index is 12.9. The minimum atomic E-state index is -3.53. The summed E-state index contributed by atoms with van der Waals surface area (Å²) in [5.41, 5.74) is -0.159. The minimum absolute atomic E-state index is 0.0164. The summed E-state index contributed by atoms with van der Waals surface area (Å²) < 4.78 is 30.3. The molecule has 7 nitrogen and oxygen atoms in total. The first-order valence-corrected chi connectivity index (χ1v) is 9.97. The van der Waals surface area contributed by atoms with Crippen molar-refractivity contribution >= 4 is 10.0 Å². The lowest BCUT2D eigenvalue weighted by atomic mass is 9.98. The number of nitrogens with zero attached hydrogens (tertiary/aromatic N) is 4. The lowest BCUT2D eigenvalue weighted by Crippen LogP contribution is -2.40. The highest BCUT2D eigenvalue weighted by molar-refractivity contribution is 7.89. The van der Waals surface area contributed by atoms with Crippen molar-refractivity contribution in [1.82, 2.24) is 18.7 Å². The molecule has 1 saturated heterocycles. The molecule has 8 heteroatoms. The summed E-state index contributed by atoms with van der Waals surface area (Å²) in [7, 11) is -1.90. The Kier molecular flexibility index (Phi) is 4.83. The predicted octanol–water partition coefficient (Wildman–Crippen LogP) is 1.73. The van der Waals surface area contributed by atoms with Gasteiger partial charge in [0.15, 0.2) is 0 Å². The summed E-state index contributed by atoms with van der Waals surface area (Å²) in [4.78, 5) is 12.6. The molecule has 0 radical (unpaired) electrons. The van der Waals surface area contributed by atoms with Crippen LogP contribution in [0.15, 0.2) is 40.0 Å². The summed E-state index contributed by atoms with van der Waals surface area (Å²) in [5.74, 6) is 0.596. The average Bonchev–Trinajstić information content (AvgIpc) is 2.91. The van der Waals surface area contributed by atoms with Crippen LogP contribution in [-0.4, -0.2) is 40.2 Å². The molecule has 1 fully saturated rings. The molecular formula is C17H24N4O3S. The first kappa shape index (κ1) is 17.9. The van der Waals surface area contributed by atoms with Crippen molar-refractivity contribution in [3.8, 4) is 0 Å². The zero-order chi connectivity index (χ0) is 18.2. The van der Waals surface area contributed by atoms with Crippen LogP contribution in [0.25, 0.3) is 0 Å².